The number of H-pyrrole nitrogens is 1. The van der Waals surface area contributed by atoms with E-state index in [2.05, 4.69) is 30.7 Å². The van der Waals surface area contributed by atoms with E-state index in [-0.39, 0.29) is 0 Å². The van der Waals surface area contributed by atoms with Crippen LogP contribution < -0.4 is 5.32 Å². The van der Waals surface area contributed by atoms with Gasteiger partial charge in [0.25, 0.3) is 0 Å². The number of benzene rings is 2. The molecule has 23 heavy (non-hydrogen) atoms. The van der Waals surface area contributed by atoms with E-state index in [0.717, 1.165) is 28.1 Å². The predicted octanol–water partition coefficient (Wildman–Crippen LogP) is 3.08. The van der Waals surface area contributed by atoms with Crippen LogP contribution >= 0.6 is 0 Å². The Bertz CT molecular complexity index is 918. The first-order valence-electron chi connectivity index (χ1n) is 7.31. The molecule has 2 N–H and O–H groups in total. The molecule has 0 saturated heterocycles. The molecule has 0 radical (unpaired) electrons. The number of anilines is 2. The molecule has 4 aromatic rings. The zero-order valence-corrected chi connectivity index (χ0v) is 12.3. The summed E-state index contributed by atoms with van der Waals surface area (Å²) in [4.78, 5) is 9.29. The Morgan fingerprint density at radius 3 is 2.57 bits per heavy atom. The van der Waals surface area contributed by atoms with Crippen LogP contribution in [0.15, 0.2) is 60.8 Å². The van der Waals surface area contributed by atoms with Gasteiger partial charge in [0.15, 0.2) is 0 Å². The van der Waals surface area contributed by atoms with E-state index in [1.807, 2.05) is 54.6 Å². The third-order valence-electron chi connectivity index (χ3n) is 3.49. The smallest absolute Gasteiger partial charge is 0.142 e. The van der Waals surface area contributed by atoms with Crippen molar-refractivity contribution in [2.75, 3.05) is 5.32 Å². The number of nitrogens with one attached hydrogen (secondary N) is 2. The first-order chi connectivity index (χ1) is 11.4. The molecular formula is C17H14N6. The van der Waals surface area contributed by atoms with Crippen LogP contribution in [0.2, 0.25) is 0 Å². The number of rotatable bonds is 4. The topological polar surface area (TPSA) is 79.4 Å². The fraction of sp³-hybridized carbons (Fsp3) is 0.0588. The molecule has 0 fully saturated rings. The van der Waals surface area contributed by atoms with Gasteiger partial charge in [0.2, 0.25) is 0 Å². The average molecular weight is 302 g/mol. The van der Waals surface area contributed by atoms with E-state index in [9.17, 15) is 0 Å². The third kappa shape index (κ3) is 2.87. The highest BCUT2D eigenvalue weighted by molar-refractivity contribution is 5.90. The van der Waals surface area contributed by atoms with Gasteiger partial charge in [0, 0.05) is 11.1 Å². The number of para-hydroxylation sites is 2. The molecule has 2 aromatic carbocycles. The highest BCUT2D eigenvalue weighted by Crippen LogP contribution is 2.24. The van der Waals surface area contributed by atoms with Gasteiger partial charge in [-0.25, -0.2) is 9.97 Å². The van der Waals surface area contributed by atoms with Gasteiger partial charge in [-0.15, -0.1) is 0 Å². The largest absolute Gasteiger partial charge is 0.340 e. The highest BCUT2D eigenvalue weighted by Gasteiger charge is 2.09. The minimum absolute atomic E-state index is 0.533. The van der Waals surface area contributed by atoms with Crippen molar-refractivity contribution < 1.29 is 0 Å². The Morgan fingerprint density at radius 1 is 0.913 bits per heavy atom. The zero-order chi connectivity index (χ0) is 15.5. The molecule has 0 atom stereocenters. The lowest BCUT2D eigenvalue weighted by molar-refractivity contribution is 0.895. The molecule has 2 heterocycles. The lowest BCUT2D eigenvalue weighted by Crippen LogP contribution is -2.03. The lowest BCUT2D eigenvalue weighted by atomic mass is 10.2. The van der Waals surface area contributed by atoms with Gasteiger partial charge >= 0.3 is 0 Å². The SMILES string of the molecule is c1ccc(Nc2nc(Cc3cn[nH]n3)nc3ccccc23)cc1. The zero-order valence-electron chi connectivity index (χ0n) is 12.3. The van der Waals surface area contributed by atoms with E-state index < -0.39 is 0 Å². The van der Waals surface area contributed by atoms with E-state index >= 15 is 0 Å². The second kappa shape index (κ2) is 5.84. The Morgan fingerprint density at radius 2 is 1.74 bits per heavy atom. The molecular weight excluding hydrogens is 288 g/mol. The summed E-state index contributed by atoms with van der Waals surface area (Å²) in [6, 6.07) is 17.9. The summed E-state index contributed by atoms with van der Waals surface area (Å²) in [5, 5.41) is 14.9. The van der Waals surface area contributed by atoms with E-state index in [1.165, 1.54) is 0 Å². The van der Waals surface area contributed by atoms with Crippen molar-refractivity contribution in [3.05, 3.63) is 72.3 Å². The minimum Gasteiger partial charge on any atom is -0.340 e. The van der Waals surface area contributed by atoms with E-state index in [0.29, 0.717) is 12.2 Å². The molecule has 0 aliphatic rings. The summed E-state index contributed by atoms with van der Waals surface area (Å²) < 4.78 is 0. The first-order valence-corrected chi connectivity index (χ1v) is 7.31. The number of nitrogens with zero attached hydrogens (tertiary/aromatic N) is 4. The second-order valence-corrected chi connectivity index (χ2v) is 5.13. The minimum atomic E-state index is 0.533. The van der Waals surface area contributed by atoms with Crippen LogP contribution in [-0.4, -0.2) is 25.4 Å². The summed E-state index contributed by atoms with van der Waals surface area (Å²) in [5.74, 6) is 1.50. The van der Waals surface area contributed by atoms with Gasteiger partial charge in [-0.3, -0.25) is 0 Å². The predicted molar refractivity (Wildman–Crippen MR) is 88.5 cm³/mol. The summed E-state index contributed by atoms with van der Waals surface area (Å²) in [5.41, 5.74) is 2.70. The number of aromatic nitrogens is 5. The summed E-state index contributed by atoms with van der Waals surface area (Å²) >= 11 is 0. The van der Waals surface area contributed by atoms with Gasteiger partial charge in [-0.05, 0) is 24.3 Å². The highest BCUT2D eigenvalue weighted by atomic mass is 15.3. The maximum absolute atomic E-state index is 4.67. The van der Waals surface area contributed by atoms with Gasteiger partial charge in [0.1, 0.15) is 11.6 Å². The molecule has 112 valence electrons. The fourth-order valence-electron chi connectivity index (χ4n) is 2.43. The van der Waals surface area contributed by atoms with Crippen LogP contribution in [0.5, 0.6) is 0 Å². The Labute approximate surface area is 132 Å². The third-order valence-corrected chi connectivity index (χ3v) is 3.49. The Kier molecular flexibility index (Phi) is 3.40. The van der Waals surface area contributed by atoms with Gasteiger partial charge in [0.05, 0.1) is 23.8 Å². The van der Waals surface area contributed by atoms with Crippen molar-refractivity contribution in [2.45, 2.75) is 6.42 Å². The average Bonchev–Trinajstić information content (AvgIpc) is 3.09. The monoisotopic (exact) mass is 302 g/mol. The quantitative estimate of drug-likeness (QED) is 0.605. The summed E-state index contributed by atoms with van der Waals surface area (Å²) in [7, 11) is 0. The number of fused-ring (bicyclic) bond motifs is 1. The normalized spacial score (nSPS) is 10.8. The van der Waals surface area contributed by atoms with Crippen molar-refractivity contribution in [1.29, 1.82) is 0 Å². The van der Waals surface area contributed by atoms with Crippen molar-refractivity contribution in [2.24, 2.45) is 0 Å². The Hall–Kier alpha value is -3.28. The van der Waals surface area contributed by atoms with Crippen molar-refractivity contribution >= 4 is 22.4 Å². The van der Waals surface area contributed by atoms with Crippen LogP contribution in [-0.2, 0) is 6.42 Å². The van der Waals surface area contributed by atoms with Gasteiger partial charge in [-0.1, -0.05) is 30.3 Å². The molecule has 0 amide bonds. The first kappa shape index (κ1) is 13.4. The molecule has 6 heteroatoms. The standard InChI is InChI=1S/C17H14N6/c1-2-6-12(7-3-1)19-17-14-8-4-5-9-15(14)20-16(21-17)10-13-11-18-23-22-13/h1-9,11H,10H2,(H,18,22,23)(H,19,20,21). The van der Waals surface area contributed by atoms with Gasteiger partial charge in [-0.2, -0.15) is 15.4 Å². The van der Waals surface area contributed by atoms with Crippen molar-refractivity contribution in [3.8, 4) is 0 Å². The maximum Gasteiger partial charge on any atom is 0.142 e. The van der Waals surface area contributed by atoms with Crippen LogP contribution in [0.25, 0.3) is 10.9 Å². The van der Waals surface area contributed by atoms with Crippen LogP contribution in [0.4, 0.5) is 11.5 Å². The number of aromatic amines is 1. The van der Waals surface area contributed by atoms with Gasteiger partial charge < -0.3 is 5.32 Å². The molecule has 4 rings (SSSR count). The van der Waals surface area contributed by atoms with Crippen LogP contribution in [0.3, 0.4) is 0 Å². The molecule has 0 unspecified atom stereocenters. The molecule has 2 aromatic heterocycles. The fourth-order valence-corrected chi connectivity index (χ4v) is 2.43. The molecule has 0 saturated carbocycles. The van der Waals surface area contributed by atoms with Crippen molar-refractivity contribution in [3.63, 3.8) is 0 Å². The van der Waals surface area contributed by atoms with E-state index in [4.69, 9.17) is 0 Å². The van der Waals surface area contributed by atoms with Crippen LogP contribution in [0, 0.1) is 0 Å². The molecule has 0 spiro atoms. The molecule has 0 aliphatic carbocycles. The lowest BCUT2D eigenvalue weighted by Gasteiger charge is -2.10. The Balaban J connectivity index is 1.77. The summed E-state index contributed by atoms with van der Waals surface area (Å²) in [6.07, 6.45) is 2.22. The number of hydrogen-bond donors (Lipinski definition) is 2. The van der Waals surface area contributed by atoms with Crippen LogP contribution in [0.1, 0.15) is 11.5 Å². The molecule has 0 aliphatic heterocycles. The second-order valence-electron chi connectivity index (χ2n) is 5.13. The molecule has 6 nitrogen and oxygen atoms in total. The number of hydrogen-bond acceptors (Lipinski definition) is 5. The maximum atomic E-state index is 4.67. The molecule has 0 bridgehead atoms. The van der Waals surface area contributed by atoms with E-state index in [1.54, 1.807) is 6.20 Å². The summed E-state index contributed by atoms with van der Waals surface area (Å²) in [6.45, 7) is 0. The van der Waals surface area contributed by atoms with Crippen molar-refractivity contribution in [1.82, 2.24) is 25.4 Å².